The van der Waals surface area contributed by atoms with Crippen molar-refractivity contribution in [2.24, 2.45) is 0 Å². The molecule has 0 saturated heterocycles. The van der Waals surface area contributed by atoms with Crippen LogP contribution in [0.1, 0.15) is 18.5 Å². The lowest BCUT2D eigenvalue weighted by atomic mass is 10.1. The van der Waals surface area contributed by atoms with Gasteiger partial charge in [-0.3, -0.25) is 4.98 Å². The van der Waals surface area contributed by atoms with Gasteiger partial charge >= 0.3 is 5.76 Å². The van der Waals surface area contributed by atoms with Crippen molar-refractivity contribution in [3.05, 3.63) is 58.3 Å². The molecule has 1 atom stereocenters. The summed E-state index contributed by atoms with van der Waals surface area (Å²) < 4.78 is 18.7. The monoisotopic (exact) mass is 288 g/mol. The van der Waals surface area contributed by atoms with Crippen LogP contribution in [-0.4, -0.2) is 10.1 Å². The molecule has 1 unspecified atom stereocenters. The molecule has 0 amide bonds. The molecule has 0 bridgehead atoms. The molecule has 0 aliphatic carbocycles. The molecule has 3 rings (SSSR count). The number of nitrogens with one attached hydrogen (secondary N) is 2. The van der Waals surface area contributed by atoms with Crippen molar-refractivity contribution in [2.75, 3.05) is 5.32 Å². The smallest absolute Gasteiger partial charge is 0.417 e. The minimum Gasteiger partial charge on any atom is -0.508 e. The lowest BCUT2D eigenvalue weighted by molar-refractivity contribution is 0.467. The van der Waals surface area contributed by atoms with Crippen molar-refractivity contribution >= 4 is 16.8 Å². The second-order valence-electron chi connectivity index (χ2n) is 4.80. The average molecular weight is 288 g/mol. The summed E-state index contributed by atoms with van der Waals surface area (Å²) in [5.41, 5.74) is 2.20. The lowest BCUT2D eigenvalue weighted by Crippen LogP contribution is -2.08. The van der Waals surface area contributed by atoms with E-state index in [4.69, 9.17) is 4.42 Å². The van der Waals surface area contributed by atoms with E-state index >= 15 is 0 Å². The number of hydrogen-bond acceptors (Lipinski definition) is 4. The highest BCUT2D eigenvalue weighted by Gasteiger charge is 2.12. The molecule has 1 aromatic heterocycles. The van der Waals surface area contributed by atoms with E-state index in [2.05, 4.69) is 10.3 Å². The predicted octanol–water partition coefficient (Wildman–Crippen LogP) is 3.14. The maximum absolute atomic E-state index is 13.8. The minimum atomic E-state index is -0.514. The van der Waals surface area contributed by atoms with E-state index in [0.717, 1.165) is 11.8 Å². The molecule has 21 heavy (non-hydrogen) atoms. The summed E-state index contributed by atoms with van der Waals surface area (Å²) in [5.74, 6) is -1.10. The summed E-state index contributed by atoms with van der Waals surface area (Å²) >= 11 is 0. The largest absolute Gasteiger partial charge is 0.508 e. The number of rotatable bonds is 3. The van der Waals surface area contributed by atoms with Crippen LogP contribution in [0.4, 0.5) is 10.1 Å². The van der Waals surface area contributed by atoms with Gasteiger partial charge in [0.1, 0.15) is 11.6 Å². The van der Waals surface area contributed by atoms with E-state index in [1.807, 2.05) is 0 Å². The Bertz CT molecular complexity index is 853. The summed E-state index contributed by atoms with van der Waals surface area (Å²) in [6, 6.07) is 8.86. The van der Waals surface area contributed by atoms with Crippen LogP contribution < -0.4 is 11.1 Å². The van der Waals surface area contributed by atoms with Crippen molar-refractivity contribution in [1.82, 2.24) is 4.98 Å². The van der Waals surface area contributed by atoms with Gasteiger partial charge in [-0.2, -0.15) is 0 Å². The van der Waals surface area contributed by atoms with Gasteiger partial charge in [0.05, 0.1) is 11.6 Å². The first kappa shape index (κ1) is 13.2. The molecule has 5 nitrogen and oxygen atoms in total. The van der Waals surface area contributed by atoms with Gasteiger partial charge in [-0.25, -0.2) is 9.18 Å². The molecular formula is C15H13FN2O3. The highest BCUT2D eigenvalue weighted by atomic mass is 19.1. The fourth-order valence-electron chi connectivity index (χ4n) is 2.24. The zero-order chi connectivity index (χ0) is 15.0. The fraction of sp³-hybridized carbons (Fsp3) is 0.133. The third-order valence-electron chi connectivity index (χ3n) is 3.25. The zero-order valence-corrected chi connectivity index (χ0v) is 11.2. The molecule has 108 valence electrons. The first-order chi connectivity index (χ1) is 10.0. The van der Waals surface area contributed by atoms with Crippen molar-refractivity contribution in [3.63, 3.8) is 0 Å². The van der Waals surface area contributed by atoms with Gasteiger partial charge in [-0.05, 0) is 31.2 Å². The summed E-state index contributed by atoms with van der Waals surface area (Å²) in [5, 5.41) is 12.4. The van der Waals surface area contributed by atoms with Crippen LogP contribution >= 0.6 is 0 Å². The molecule has 0 saturated carbocycles. The van der Waals surface area contributed by atoms with E-state index in [0.29, 0.717) is 16.7 Å². The Hall–Kier alpha value is -2.76. The number of aromatic amines is 1. The van der Waals surface area contributed by atoms with E-state index < -0.39 is 11.6 Å². The van der Waals surface area contributed by atoms with Crippen LogP contribution in [0.25, 0.3) is 11.1 Å². The molecule has 1 heterocycles. The molecule has 0 radical (unpaired) electrons. The Labute approximate surface area is 119 Å². The standard InChI is InChI=1S/C15H13FN2O3/c1-8(11-4-3-10(19)7-12(11)16)17-9-2-5-14-13(6-9)18-15(20)21-14/h2-8,17,19H,1H3,(H,18,20). The quantitative estimate of drug-likeness (QED) is 0.692. The maximum Gasteiger partial charge on any atom is 0.417 e. The molecule has 0 aliphatic rings. The summed E-state index contributed by atoms with van der Waals surface area (Å²) in [7, 11) is 0. The van der Waals surface area contributed by atoms with E-state index in [1.54, 1.807) is 25.1 Å². The van der Waals surface area contributed by atoms with E-state index in [-0.39, 0.29) is 11.8 Å². The number of halogens is 1. The Kier molecular flexibility index (Phi) is 3.13. The molecule has 0 spiro atoms. The van der Waals surface area contributed by atoms with Crippen LogP contribution in [-0.2, 0) is 0 Å². The Balaban J connectivity index is 1.88. The van der Waals surface area contributed by atoms with Crippen molar-refractivity contribution in [1.29, 1.82) is 0 Å². The normalized spacial score (nSPS) is 12.5. The summed E-state index contributed by atoms with van der Waals surface area (Å²) in [6.07, 6.45) is 0. The van der Waals surface area contributed by atoms with Gasteiger partial charge < -0.3 is 14.8 Å². The fourth-order valence-corrected chi connectivity index (χ4v) is 2.24. The van der Waals surface area contributed by atoms with Gasteiger partial charge in [0.15, 0.2) is 5.58 Å². The zero-order valence-electron chi connectivity index (χ0n) is 11.2. The highest BCUT2D eigenvalue weighted by Crippen LogP contribution is 2.25. The van der Waals surface area contributed by atoms with E-state index in [1.165, 1.54) is 12.1 Å². The number of benzene rings is 2. The maximum atomic E-state index is 13.8. The number of phenolic OH excluding ortho intramolecular Hbond substituents is 1. The van der Waals surface area contributed by atoms with Crippen LogP contribution in [0.2, 0.25) is 0 Å². The third-order valence-corrected chi connectivity index (χ3v) is 3.25. The number of oxazole rings is 1. The lowest BCUT2D eigenvalue weighted by Gasteiger charge is -2.16. The number of aromatic hydroxyl groups is 1. The van der Waals surface area contributed by atoms with Gasteiger partial charge in [0.2, 0.25) is 0 Å². The molecule has 3 aromatic rings. The third kappa shape index (κ3) is 2.60. The second kappa shape index (κ2) is 4.97. The number of anilines is 1. The van der Waals surface area contributed by atoms with Crippen molar-refractivity contribution in [2.45, 2.75) is 13.0 Å². The van der Waals surface area contributed by atoms with Crippen molar-refractivity contribution < 1.29 is 13.9 Å². The summed E-state index contributed by atoms with van der Waals surface area (Å²) in [6.45, 7) is 1.80. The van der Waals surface area contributed by atoms with E-state index in [9.17, 15) is 14.3 Å². The van der Waals surface area contributed by atoms with Gasteiger partial charge in [0.25, 0.3) is 0 Å². The second-order valence-corrected chi connectivity index (χ2v) is 4.80. The van der Waals surface area contributed by atoms with Crippen molar-refractivity contribution in [3.8, 4) is 5.75 Å². The highest BCUT2D eigenvalue weighted by molar-refractivity contribution is 5.76. The minimum absolute atomic E-state index is 0.110. The van der Waals surface area contributed by atoms with Crippen LogP contribution in [0.15, 0.2) is 45.6 Å². The molecule has 6 heteroatoms. The Morgan fingerprint density at radius 2 is 2.10 bits per heavy atom. The predicted molar refractivity (Wildman–Crippen MR) is 76.9 cm³/mol. The summed E-state index contributed by atoms with van der Waals surface area (Å²) in [4.78, 5) is 13.7. The molecule has 0 fully saturated rings. The van der Waals surface area contributed by atoms with Gasteiger partial charge in [-0.15, -0.1) is 0 Å². The van der Waals surface area contributed by atoms with Gasteiger partial charge in [-0.1, -0.05) is 6.07 Å². The first-order valence-electron chi connectivity index (χ1n) is 6.41. The topological polar surface area (TPSA) is 78.3 Å². The molecule has 0 aliphatic heterocycles. The number of phenols is 1. The number of H-pyrrole nitrogens is 1. The SMILES string of the molecule is CC(Nc1ccc2oc(=O)[nH]c2c1)c1ccc(O)cc1F. The van der Waals surface area contributed by atoms with Crippen LogP contribution in [0.3, 0.4) is 0 Å². The van der Waals surface area contributed by atoms with Gasteiger partial charge in [0, 0.05) is 17.3 Å². The number of hydrogen-bond donors (Lipinski definition) is 3. The molecule has 2 aromatic carbocycles. The first-order valence-corrected chi connectivity index (χ1v) is 6.41. The Morgan fingerprint density at radius 3 is 2.86 bits per heavy atom. The van der Waals surface area contributed by atoms with Crippen LogP contribution in [0.5, 0.6) is 5.75 Å². The molecule has 3 N–H and O–H groups in total. The number of fused-ring (bicyclic) bond motifs is 1. The van der Waals surface area contributed by atoms with Crippen LogP contribution in [0, 0.1) is 5.82 Å². The Morgan fingerprint density at radius 1 is 1.29 bits per heavy atom. The average Bonchev–Trinajstić information content (AvgIpc) is 2.77. The molecular weight excluding hydrogens is 275 g/mol. The number of aromatic nitrogens is 1.